The lowest BCUT2D eigenvalue weighted by atomic mass is 10.1. The van der Waals surface area contributed by atoms with Gasteiger partial charge in [-0.3, -0.25) is 10.1 Å². The minimum absolute atomic E-state index is 0.0762. The van der Waals surface area contributed by atoms with E-state index in [4.69, 9.17) is 28.2 Å². The molecule has 0 fully saturated rings. The van der Waals surface area contributed by atoms with Gasteiger partial charge < -0.3 is 0 Å². The molecule has 4 aromatic rings. The summed E-state index contributed by atoms with van der Waals surface area (Å²) in [6, 6.07) is 12.1. The molecule has 2 heterocycles. The Bertz CT molecular complexity index is 1360. The fraction of sp³-hybridized carbons (Fsp3) is 0.0909. The largest absolute Gasteiger partial charge is 0.270 e. The van der Waals surface area contributed by atoms with Crippen LogP contribution in [0.1, 0.15) is 23.2 Å². The number of fused-ring (bicyclic) bond motifs is 1. The molecule has 0 aliphatic heterocycles. The minimum Gasteiger partial charge on any atom is -0.258 e. The Morgan fingerprint density at radius 3 is 2.81 bits per heavy atom. The highest BCUT2D eigenvalue weighted by molar-refractivity contribution is 7.12. The van der Waals surface area contributed by atoms with Gasteiger partial charge in [0.15, 0.2) is 0 Å². The normalized spacial score (nSPS) is 14.2. The first-order valence-electron chi connectivity index (χ1n) is 9.43. The summed E-state index contributed by atoms with van der Waals surface area (Å²) in [6.07, 6.45) is 5.58. The maximum Gasteiger partial charge on any atom is 0.270 e. The molecule has 0 unspecified atom stereocenters. The third-order valence-corrected chi connectivity index (χ3v) is 6.68. The molecule has 0 radical (unpaired) electrons. The summed E-state index contributed by atoms with van der Waals surface area (Å²) in [6.45, 7) is 0. The van der Waals surface area contributed by atoms with Gasteiger partial charge in [-0.05, 0) is 47.8 Å². The number of benzene rings is 2. The van der Waals surface area contributed by atoms with Crippen LogP contribution in [0.2, 0.25) is 10.0 Å². The molecule has 9 heteroatoms. The van der Waals surface area contributed by atoms with Crippen molar-refractivity contribution in [3.8, 4) is 16.4 Å². The monoisotopic (exact) mass is 468 g/mol. The Labute approximate surface area is 191 Å². The summed E-state index contributed by atoms with van der Waals surface area (Å²) in [5.74, 6) is 0. The quantitative estimate of drug-likeness (QED) is 0.246. The number of nitro groups is 1. The maximum atomic E-state index is 11.1. The van der Waals surface area contributed by atoms with Crippen LogP contribution in [-0.4, -0.2) is 19.7 Å². The molecule has 1 aliphatic carbocycles. The molecule has 5 rings (SSSR count). The van der Waals surface area contributed by atoms with E-state index in [0.29, 0.717) is 10.0 Å². The van der Waals surface area contributed by atoms with Crippen LogP contribution in [0.3, 0.4) is 0 Å². The number of rotatable bonds is 4. The molecule has 154 valence electrons. The average molecular weight is 469 g/mol. The molecule has 0 N–H and O–H groups in total. The van der Waals surface area contributed by atoms with Crippen molar-refractivity contribution in [1.29, 1.82) is 0 Å². The first-order valence-corrected chi connectivity index (χ1v) is 11.1. The van der Waals surface area contributed by atoms with Crippen molar-refractivity contribution in [2.45, 2.75) is 12.8 Å². The Kier molecular flexibility index (Phi) is 5.09. The van der Waals surface area contributed by atoms with Crippen LogP contribution in [0.25, 0.3) is 28.0 Å². The zero-order valence-electron chi connectivity index (χ0n) is 16.0. The summed E-state index contributed by atoms with van der Waals surface area (Å²) < 4.78 is 1.84. The molecule has 0 atom stereocenters. The zero-order chi connectivity index (χ0) is 21.5. The number of aromatic nitrogens is 3. The lowest BCUT2D eigenvalue weighted by Crippen LogP contribution is -2.00. The fourth-order valence-electron chi connectivity index (χ4n) is 3.66. The second kappa shape index (κ2) is 7.92. The molecule has 0 bridgehead atoms. The van der Waals surface area contributed by atoms with Gasteiger partial charge in [0.2, 0.25) is 5.13 Å². The van der Waals surface area contributed by atoms with E-state index in [-0.39, 0.29) is 10.6 Å². The van der Waals surface area contributed by atoms with Gasteiger partial charge in [-0.15, -0.1) is 11.3 Å². The second-order valence-electron chi connectivity index (χ2n) is 7.10. The van der Waals surface area contributed by atoms with E-state index in [1.54, 1.807) is 24.3 Å². The third-order valence-electron chi connectivity index (χ3n) is 5.12. The highest BCUT2D eigenvalue weighted by Gasteiger charge is 2.24. The molecular formula is C22H14Cl2N4O2S. The SMILES string of the molecule is O=[N+]([O-])c1cccc(C=C2CCc3cnn(-c4nc(-c5ccc(Cl)c(Cl)c5)cs4)c32)c1. The number of nitro benzene ring substituents is 1. The van der Waals surface area contributed by atoms with Crippen LogP contribution < -0.4 is 0 Å². The molecule has 6 nitrogen and oxygen atoms in total. The van der Waals surface area contributed by atoms with E-state index >= 15 is 0 Å². The van der Waals surface area contributed by atoms with Crippen LogP contribution in [0.4, 0.5) is 5.69 Å². The van der Waals surface area contributed by atoms with Gasteiger partial charge >= 0.3 is 0 Å². The van der Waals surface area contributed by atoms with Crippen LogP contribution in [0.15, 0.2) is 54.0 Å². The highest BCUT2D eigenvalue weighted by atomic mass is 35.5. The van der Waals surface area contributed by atoms with Crippen molar-refractivity contribution in [2.75, 3.05) is 0 Å². The van der Waals surface area contributed by atoms with Gasteiger partial charge in [0.25, 0.3) is 5.69 Å². The molecule has 0 spiro atoms. The third kappa shape index (κ3) is 3.76. The van der Waals surface area contributed by atoms with E-state index in [1.807, 2.05) is 34.5 Å². The number of allylic oxidation sites excluding steroid dienone is 1. The molecule has 2 aromatic heterocycles. The molecule has 0 saturated carbocycles. The average Bonchev–Trinajstić information content (AvgIpc) is 3.48. The van der Waals surface area contributed by atoms with Gasteiger partial charge in [-0.2, -0.15) is 5.10 Å². The fourth-order valence-corrected chi connectivity index (χ4v) is 4.75. The van der Waals surface area contributed by atoms with Gasteiger partial charge in [0.05, 0.1) is 32.6 Å². The molecule has 0 saturated heterocycles. The van der Waals surface area contributed by atoms with E-state index < -0.39 is 0 Å². The number of hydrogen-bond acceptors (Lipinski definition) is 5. The number of halogens is 2. The first kappa shape index (κ1) is 19.9. The Hall–Kier alpha value is -3.00. The van der Waals surface area contributed by atoms with Crippen LogP contribution >= 0.6 is 34.5 Å². The maximum absolute atomic E-state index is 11.1. The van der Waals surface area contributed by atoms with Gasteiger partial charge in [0.1, 0.15) is 0 Å². The van der Waals surface area contributed by atoms with Crippen molar-refractivity contribution in [3.63, 3.8) is 0 Å². The van der Waals surface area contributed by atoms with E-state index in [1.165, 1.54) is 17.4 Å². The molecule has 0 amide bonds. The summed E-state index contributed by atoms with van der Waals surface area (Å²) in [4.78, 5) is 15.5. The van der Waals surface area contributed by atoms with Crippen molar-refractivity contribution in [3.05, 3.63) is 91.0 Å². The van der Waals surface area contributed by atoms with Crippen molar-refractivity contribution in [1.82, 2.24) is 14.8 Å². The van der Waals surface area contributed by atoms with Crippen LogP contribution in [0.5, 0.6) is 0 Å². The standard InChI is InChI=1S/C22H14Cl2N4O2S/c23-18-7-6-14(10-19(18)24)20-12-31-22(26-20)27-21-15(4-5-16(21)11-25-27)8-13-2-1-3-17(9-13)28(29)30/h1-3,6-12H,4-5H2. The predicted octanol–water partition coefficient (Wildman–Crippen LogP) is 6.70. The lowest BCUT2D eigenvalue weighted by molar-refractivity contribution is -0.384. The van der Waals surface area contributed by atoms with Crippen LogP contribution in [0, 0.1) is 10.1 Å². The summed E-state index contributed by atoms with van der Waals surface area (Å²) in [7, 11) is 0. The van der Waals surface area contributed by atoms with Crippen molar-refractivity contribution >= 4 is 51.9 Å². The first-order chi connectivity index (χ1) is 15.0. The van der Waals surface area contributed by atoms with E-state index in [2.05, 4.69) is 5.10 Å². The summed E-state index contributed by atoms with van der Waals surface area (Å²) in [5.41, 5.74) is 5.77. The van der Waals surface area contributed by atoms with Gasteiger partial charge in [-0.1, -0.05) is 41.4 Å². The Balaban J connectivity index is 1.52. The Morgan fingerprint density at radius 1 is 1.13 bits per heavy atom. The Morgan fingerprint density at radius 2 is 2.00 bits per heavy atom. The molecule has 1 aliphatic rings. The number of aryl methyl sites for hydroxylation is 1. The smallest absolute Gasteiger partial charge is 0.258 e. The second-order valence-corrected chi connectivity index (χ2v) is 8.75. The summed E-state index contributed by atoms with van der Waals surface area (Å²) in [5, 5.41) is 19.3. The number of non-ortho nitro benzene ring substituents is 1. The predicted molar refractivity (Wildman–Crippen MR) is 124 cm³/mol. The number of thiazole rings is 1. The molecule has 31 heavy (non-hydrogen) atoms. The summed E-state index contributed by atoms with van der Waals surface area (Å²) >= 11 is 13.7. The topological polar surface area (TPSA) is 73.8 Å². The molecule has 2 aromatic carbocycles. The number of nitrogens with zero attached hydrogens (tertiary/aromatic N) is 4. The lowest BCUT2D eigenvalue weighted by Gasteiger charge is -2.05. The number of hydrogen-bond donors (Lipinski definition) is 0. The highest BCUT2D eigenvalue weighted by Crippen LogP contribution is 2.37. The zero-order valence-corrected chi connectivity index (χ0v) is 18.3. The van der Waals surface area contributed by atoms with E-state index in [0.717, 1.165) is 51.6 Å². The molecular weight excluding hydrogens is 455 g/mol. The van der Waals surface area contributed by atoms with Crippen molar-refractivity contribution < 1.29 is 4.92 Å². The van der Waals surface area contributed by atoms with Crippen LogP contribution in [-0.2, 0) is 6.42 Å². The van der Waals surface area contributed by atoms with Gasteiger partial charge in [0, 0.05) is 23.1 Å². The minimum atomic E-state index is -0.382. The van der Waals surface area contributed by atoms with Gasteiger partial charge in [-0.25, -0.2) is 9.67 Å². The van der Waals surface area contributed by atoms with Crippen molar-refractivity contribution in [2.24, 2.45) is 0 Å². The van der Waals surface area contributed by atoms with E-state index in [9.17, 15) is 10.1 Å².